The first kappa shape index (κ1) is 12.9. The number of rotatable bonds is 6. The number of halogens is 1. The minimum Gasteiger partial charge on any atom is -0.494 e. The summed E-state index contributed by atoms with van der Waals surface area (Å²) in [4.78, 5) is 4.48. The average molecular weight is 229 g/mol. The monoisotopic (exact) mass is 229 g/mol. The molecule has 0 fully saturated rings. The van der Waals surface area contributed by atoms with E-state index < -0.39 is 5.82 Å². The van der Waals surface area contributed by atoms with Crippen molar-refractivity contribution in [2.24, 2.45) is 5.90 Å². The molecule has 1 aromatic rings. The summed E-state index contributed by atoms with van der Waals surface area (Å²) >= 11 is 0. The lowest BCUT2D eigenvalue weighted by molar-refractivity contribution is 0.140. The summed E-state index contributed by atoms with van der Waals surface area (Å²) in [5, 5.41) is 0. The summed E-state index contributed by atoms with van der Waals surface area (Å²) in [6, 6.07) is 3.05. The molecule has 0 saturated carbocycles. The summed E-state index contributed by atoms with van der Waals surface area (Å²) in [6.45, 7) is 0.735. The minimum atomic E-state index is -0.394. The maximum Gasteiger partial charge on any atom is 0.165 e. The van der Waals surface area contributed by atoms with Gasteiger partial charge in [0.1, 0.15) is 0 Å². The molecule has 90 valence electrons. The zero-order valence-corrected chi connectivity index (χ0v) is 9.46. The number of benzene rings is 1. The van der Waals surface area contributed by atoms with Crippen LogP contribution in [0.4, 0.5) is 4.39 Å². The third kappa shape index (κ3) is 3.16. The van der Waals surface area contributed by atoms with Gasteiger partial charge in [-0.2, -0.15) is 0 Å². The lowest BCUT2D eigenvalue weighted by atomic mass is 10.0. The van der Waals surface area contributed by atoms with Gasteiger partial charge in [-0.25, -0.2) is 10.3 Å². The van der Waals surface area contributed by atoms with E-state index in [1.807, 2.05) is 0 Å². The third-order valence-electron chi connectivity index (χ3n) is 2.26. The van der Waals surface area contributed by atoms with Crippen LogP contribution >= 0.6 is 0 Å². The fourth-order valence-electron chi connectivity index (χ4n) is 1.48. The van der Waals surface area contributed by atoms with Gasteiger partial charge in [0, 0.05) is 7.11 Å². The van der Waals surface area contributed by atoms with Crippen LogP contribution in [0.5, 0.6) is 5.75 Å². The molecule has 2 N–H and O–H groups in total. The highest BCUT2D eigenvalue weighted by Gasteiger charge is 2.10. The van der Waals surface area contributed by atoms with Crippen molar-refractivity contribution in [2.75, 3.05) is 20.8 Å². The first-order valence-corrected chi connectivity index (χ1v) is 4.88. The first-order chi connectivity index (χ1) is 7.72. The molecular weight excluding hydrogens is 213 g/mol. The topological polar surface area (TPSA) is 53.7 Å². The van der Waals surface area contributed by atoms with Crippen molar-refractivity contribution in [1.29, 1.82) is 0 Å². The fourth-order valence-corrected chi connectivity index (χ4v) is 1.48. The zero-order chi connectivity index (χ0) is 12.0. The van der Waals surface area contributed by atoms with Gasteiger partial charge in [-0.3, -0.25) is 0 Å². The Kier molecular flexibility index (Phi) is 5.18. The summed E-state index contributed by atoms with van der Waals surface area (Å²) < 4.78 is 23.4. The highest BCUT2D eigenvalue weighted by Crippen LogP contribution is 2.23. The summed E-state index contributed by atoms with van der Waals surface area (Å²) in [7, 11) is 3.01. The van der Waals surface area contributed by atoms with Gasteiger partial charge in [-0.15, -0.1) is 0 Å². The molecule has 1 rings (SSSR count). The Bertz CT molecular complexity index is 344. The maximum absolute atomic E-state index is 13.5. The number of methoxy groups -OCH3 is 2. The smallest absolute Gasteiger partial charge is 0.165 e. The molecule has 0 aromatic heterocycles. The van der Waals surface area contributed by atoms with Gasteiger partial charge in [0.15, 0.2) is 11.6 Å². The first-order valence-electron chi connectivity index (χ1n) is 4.88. The van der Waals surface area contributed by atoms with Crippen LogP contribution in [0.15, 0.2) is 12.1 Å². The summed E-state index contributed by atoms with van der Waals surface area (Å²) in [5.74, 6) is 4.76. The Morgan fingerprint density at radius 1 is 1.25 bits per heavy atom. The van der Waals surface area contributed by atoms with Crippen molar-refractivity contribution in [2.45, 2.75) is 13.0 Å². The molecule has 1 aromatic carbocycles. The SMILES string of the molecule is COCc1cc(OC)c(F)cc1CCON. The van der Waals surface area contributed by atoms with Gasteiger partial charge in [-0.1, -0.05) is 0 Å². The van der Waals surface area contributed by atoms with Crippen LogP contribution in [0.3, 0.4) is 0 Å². The Hall–Kier alpha value is -1.17. The molecule has 0 heterocycles. The van der Waals surface area contributed by atoms with Crippen LogP contribution in [0.25, 0.3) is 0 Å². The Morgan fingerprint density at radius 2 is 2.00 bits per heavy atom. The van der Waals surface area contributed by atoms with Crippen molar-refractivity contribution in [3.8, 4) is 5.75 Å². The van der Waals surface area contributed by atoms with Crippen molar-refractivity contribution in [1.82, 2.24) is 0 Å². The Morgan fingerprint density at radius 3 is 2.56 bits per heavy atom. The Balaban J connectivity index is 2.98. The molecule has 0 aliphatic rings. The van der Waals surface area contributed by atoms with E-state index in [-0.39, 0.29) is 5.75 Å². The second-order valence-electron chi connectivity index (χ2n) is 3.31. The van der Waals surface area contributed by atoms with Crippen LogP contribution in [0.1, 0.15) is 11.1 Å². The lowest BCUT2D eigenvalue weighted by Gasteiger charge is -2.11. The van der Waals surface area contributed by atoms with Gasteiger partial charge in [0.25, 0.3) is 0 Å². The third-order valence-corrected chi connectivity index (χ3v) is 2.26. The van der Waals surface area contributed by atoms with Gasteiger partial charge in [0.05, 0.1) is 20.3 Å². The largest absolute Gasteiger partial charge is 0.494 e. The van der Waals surface area contributed by atoms with Gasteiger partial charge >= 0.3 is 0 Å². The van der Waals surface area contributed by atoms with E-state index in [0.717, 1.165) is 11.1 Å². The molecule has 5 heteroatoms. The maximum atomic E-state index is 13.5. The Labute approximate surface area is 94.1 Å². The predicted octanol–water partition coefficient (Wildman–Crippen LogP) is 1.41. The van der Waals surface area contributed by atoms with Crippen LogP contribution in [0, 0.1) is 5.82 Å². The molecule has 0 aliphatic carbocycles. The molecule has 16 heavy (non-hydrogen) atoms. The van der Waals surface area contributed by atoms with Gasteiger partial charge in [-0.05, 0) is 29.7 Å². The van der Waals surface area contributed by atoms with E-state index >= 15 is 0 Å². The molecule has 0 atom stereocenters. The molecule has 0 spiro atoms. The highest BCUT2D eigenvalue weighted by molar-refractivity contribution is 5.37. The standard InChI is InChI=1S/C11H16FNO3/c1-14-7-9-6-11(15-2)10(12)5-8(9)3-4-16-13/h5-6H,3-4,7,13H2,1-2H3. The van der Waals surface area contributed by atoms with E-state index in [1.165, 1.54) is 13.2 Å². The summed E-state index contributed by atoms with van der Waals surface area (Å²) in [5.41, 5.74) is 1.68. The van der Waals surface area contributed by atoms with Crippen molar-refractivity contribution < 1.29 is 18.7 Å². The van der Waals surface area contributed by atoms with Crippen LogP contribution in [-0.2, 0) is 22.6 Å². The normalized spacial score (nSPS) is 10.5. The molecule has 0 radical (unpaired) electrons. The van der Waals surface area contributed by atoms with Crippen molar-refractivity contribution in [3.63, 3.8) is 0 Å². The molecule has 4 nitrogen and oxygen atoms in total. The molecule has 0 saturated heterocycles. The van der Waals surface area contributed by atoms with E-state index in [0.29, 0.717) is 19.6 Å². The number of hydrogen-bond acceptors (Lipinski definition) is 4. The van der Waals surface area contributed by atoms with Crippen LogP contribution < -0.4 is 10.6 Å². The van der Waals surface area contributed by atoms with Gasteiger partial charge in [0.2, 0.25) is 0 Å². The quantitative estimate of drug-likeness (QED) is 0.749. The van der Waals surface area contributed by atoms with E-state index in [2.05, 4.69) is 4.84 Å². The second-order valence-corrected chi connectivity index (χ2v) is 3.31. The highest BCUT2D eigenvalue weighted by atomic mass is 19.1. The summed E-state index contributed by atoms with van der Waals surface area (Å²) in [6.07, 6.45) is 0.538. The predicted molar refractivity (Wildman–Crippen MR) is 57.5 cm³/mol. The molecule has 0 bridgehead atoms. The number of ether oxygens (including phenoxy) is 2. The van der Waals surface area contributed by atoms with Crippen LogP contribution in [0.2, 0.25) is 0 Å². The van der Waals surface area contributed by atoms with Crippen molar-refractivity contribution in [3.05, 3.63) is 29.1 Å². The molecule has 0 amide bonds. The van der Waals surface area contributed by atoms with E-state index in [9.17, 15) is 4.39 Å². The average Bonchev–Trinajstić information content (AvgIpc) is 2.29. The van der Waals surface area contributed by atoms with Gasteiger partial charge < -0.3 is 14.3 Å². The van der Waals surface area contributed by atoms with Crippen LogP contribution in [-0.4, -0.2) is 20.8 Å². The molecular formula is C11H16FNO3. The van der Waals surface area contributed by atoms with Crippen molar-refractivity contribution >= 4 is 0 Å². The number of hydrogen-bond donors (Lipinski definition) is 1. The van der Waals surface area contributed by atoms with E-state index in [4.69, 9.17) is 15.4 Å². The zero-order valence-electron chi connectivity index (χ0n) is 9.46. The minimum absolute atomic E-state index is 0.212. The lowest BCUT2D eigenvalue weighted by Crippen LogP contribution is -2.07. The molecule has 0 unspecified atom stereocenters. The second kappa shape index (κ2) is 6.42. The number of nitrogens with two attached hydrogens (primary N) is 1. The van der Waals surface area contributed by atoms with E-state index in [1.54, 1.807) is 13.2 Å². The fraction of sp³-hybridized carbons (Fsp3) is 0.455. The molecule has 0 aliphatic heterocycles.